The lowest BCUT2D eigenvalue weighted by molar-refractivity contribution is 0.299. The molecule has 3 aromatic rings. The number of H-pyrrole nitrogens is 1. The van der Waals surface area contributed by atoms with Crippen molar-refractivity contribution in [1.82, 2.24) is 20.2 Å². The van der Waals surface area contributed by atoms with Crippen LogP contribution in [0.4, 0.5) is 4.39 Å². The monoisotopic (exact) mass is 316 g/mol. The van der Waals surface area contributed by atoms with Crippen molar-refractivity contribution in [1.29, 1.82) is 0 Å². The summed E-state index contributed by atoms with van der Waals surface area (Å²) < 4.78 is 20.4. The number of aromatic hydroxyl groups is 1. The van der Waals surface area contributed by atoms with Gasteiger partial charge >= 0.3 is 5.69 Å². The number of aromatic amines is 1. The van der Waals surface area contributed by atoms with Gasteiger partial charge in [-0.15, -0.1) is 0 Å². The Labute approximate surface area is 129 Å². The van der Waals surface area contributed by atoms with E-state index in [9.17, 15) is 14.3 Å². The average Bonchev–Trinajstić information content (AvgIpc) is 2.98. The van der Waals surface area contributed by atoms with Crippen LogP contribution in [0.5, 0.6) is 11.5 Å². The number of hydrogen-bond donors (Lipinski definition) is 2. The number of phenols is 1. The molecule has 0 unspecified atom stereocenters. The van der Waals surface area contributed by atoms with E-state index in [1.54, 1.807) is 24.3 Å². The fourth-order valence-electron chi connectivity index (χ4n) is 2.16. The van der Waals surface area contributed by atoms with Gasteiger partial charge in [0.2, 0.25) is 0 Å². The van der Waals surface area contributed by atoms with Crippen LogP contribution < -0.4 is 10.4 Å². The molecule has 0 aliphatic heterocycles. The Kier molecular flexibility index (Phi) is 3.80. The van der Waals surface area contributed by atoms with Crippen LogP contribution in [0.25, 0.3) is 5.69 Å². The fraction of sp³-hybridized carbons (Fsp3) is 0.133. The minimum atomic E-state index is -0.719. The third kappa shape index (κ3) is 2.78. The quantitative estimate of drug-likeness (QED) is 0.764. The molecule has 0 bridgehead atoms. The van der Waals surface area contributed by atoms with E-state index in [1.165, 1.54) is 19.1 Å². The molecule has 2 aromatic carbocycles. The van der Waals surface area contributed by atoms with Gasteiger partial charge in [0.05, 0.1) is 5.69 Å². The highest BCUT2D eigenvalue weighted by molar-refractivity contribution is 5.42. The maximum absolute atomic E-state index is 13.7. The number of rotatable bonds is 4. The molecule has 2 N–H and O–H groups in total. The first kappa shape index (κ1) is 14.8. The number of aromatic nitrogens is 4. The van der Waals surface area contributed by atoms with Crippen LogP contribution in [-0.2, 0) is 6.61 Å². The summed E-state index contributed by atoms with van der Waals surface area (Å²) in [6, 6.07) is 9.72. The minimum absolute atomic E-state index is 0.0977. The Morgan fingerprint density at radius 1 is 1.30 bits per heavy atom. The zero-order chi connectivity index (χ0) is 16.4. The Bertz CT molecular complexity index is 904. The fourth-order valence-corrected chi connectivity index (χ4v) is 2.16. The van der Waals surface area contributed by atoms with Crippen LogP contribution in [0, 0.1) is 12.7 Å². The summed E-state index contributed by atoms with van der Waals surface area (Å²) in [5, 5.41) is 18.7. The van der Waals surface area contributed by atoms with E-state index in [-0.39, 0.29) is 12.2 Å². The topological polar surface area (TPSA) is 93.0 Å². The Balaban J connectivity index is 1.89. The summed E-state index contributed by atoms with van der Waals surface area (Å²) in [5.41, 5.74) is 0.935. The van der Waals surface area contributed by atoms with Gasteiger partial charge < -0.3 is 9.84 Å². The van der Waals surface area contributed by atoms with Gasteiger partial charge in [0.1, 0.15) is 12.4 Å². The Morgan fingerprint density at radius 2 is 2.09 bits per heavy atom. The van der Waals surface area contributed by atoms with Gasteiger partial charge in [-0.1, -0.05) is 18.2 Å². The highest BCUT2D eigenvalue weighted by Crippen LogP contribution is 2.28. The lowest BCUT2D eigenvalue weighted by Crippen LogP contribution is -2.18. The van der Waals surface area contributed by atoms with Gasteiger partial charge in [-0.25, -0.2) is 14.3 Å². The van der Waals surface area contributed by atoms with Gasteiger partial charge in [-0.3, -0.25) is 0 Å². The van der Waals surface area contributed by atoms with Crippen molar-refractivity contribution in [3.63, 3.8) is 0 Å². The molecule has 23 heavy (non-hydrogen) atoms. The first-order valence-electron chi connectivity index (χ1n) is 6.77. The highest BCUT2D eigenvalue weighted by Gasteiger charge is 2.12. The van der Waals surface area contributed by atoms with Gasteiger partial charge in [0.15, 0.2) is 11.6 Å². The van der Waals surface area contributed by atoms with E-state index in [0.29, 0.717) is 17.0 Å². The SMILES string of the molecule is Cc1c(OCc2ccccc2-n2nn[nH]c2=O)ccc(O)c1F. The van der Waals surface area contributed by atoms with Crippen LogP contribution in [0.2, 0.25) is 0 Å². The normalized spacial score (nSPS) is 10.7. The largest absolute Gasteiger partial charge is 0.505 e. The maximum atomic E-state index is 13.7. The number of phenolic OH excluding ortho intramolecular Hbond substituents is 1. The van der Waals surface area contributed by atoms with Crippen LogP contribution in [-0.4, -0.2) is 25.3 Å². The third-order valence-electron chi connectivity index (χ3n) is 3.39. The number of ether oxygens (including phenoxy) is 1. The number of halogens is 1. The van der Waals surface area contributed by atoms with Crippen LogP contribution in [0.1, 0.15) is 11.1 Å². The maximum Gasteiger partial charge on any atom is 0.365 e. The van der Waals surface area contributed by atoms with E-state index in [2.05, 4.69) is 15.5 Å². The molecule has 0 saturated heterocycles. The molecule has 0 spiro atoms. The molecule has 1 heterocycles. The Hall–Kier alpha value is -3.16. The van der Waals surface area contributed by atoms with E-state index in [1.807, 2.05) is 0 Å². The molecule has 1 aromatic heterocycles. The van der Waals surface area contributed by atoms with Crippen molar-refractivity contribution < 1.29 is 14.2 Å². The zero-order valence-electron chi connectivity index (χ0n) is 12.2. The van der Waals surface area contributed by atoms with Crippen molar-refractivity contribution in [3.8, 4) is 17.2 Å². The highest BCUT2D eigenvalue weighted by atomic mass is 19.1. The number of nitrogens with zero attached hydrogens (tertiary/aromatic N) is 3. The summed E-state index contributed by atoms with van der Waals surface area (Å²) >= 11 is 0. The van der Waals surface area contributed by atoms with E-state index in [4.69, 9.17) is 4.74 Å². The molecule has 0 aliphatic carbocycles. The molecule has 118 valence electrons. The lowest BCUT2D eigenvalue weighted by Gasteiger charge is -2.12. The molecular weight excluding hydrogens is 303 g/mol. The predicted molar refractivity (Wildman–Crippen MR) is 79.1 cm³/mol. The summed E-state index contributed by atoms with van der Waals surface area (Å²) in [6.45, 7) is 1.61. The van der Waals surface area contributed by atoms with Crippen LogP contribution >= 0.6 is 0 Å². The zero-order valence-corrected chi connectivity index (χ0v) is 12.2. The van der Waals surface area contributed by atoms with Crippen LogP contribution in [0.3, 0.4) is 0 Å². The predicted octanol–water partition coefficient (Wildman–Crippen LogP) is 1.69. The summed E-state index contributed by atoms with van der Waals surface area (Å²) in [6.07, 6.45) is 0. The van der Waals surface area contributed by atoms with Gasteiger partial charge in [-0.05, 0) is 35.5 Å². The van der Waals surface area contributed by atoms with Crippen molar-refractivity contribution in [2.45, 2.75) is 13.5 Å². The van der Waals surface area contributed by atoms with Crippen molar-refractivity contribution in [3.05, 3.63) is 63.8 Å². The average molecular weight is 316 g/mol. The van der Waals surface area contributed by atoms with Gasteiger partial charge in [-0.2, -0.15) is 4.68 Å². The number of benzene rings is 2. The second-order valence-corrected chi connectivity index (χ2v) is 4.86. The second-order valence-electron chi connectivity index (χ2n) is 4.86. The summed E-state index contributed by atoms with van der Waals surface area (Å²) in [7, 11) is 0. The van der Waals surface area contributed by atoms with E-state index in [0.717, 1.165) is 4.68 Å². The first-order valence-corrected chi connectivity index (χ1v) is 6.77. The van der Waals surface area contributed by atoms with Crippen molar-refractivity contribution in [2.24, 2.45) is 0 Å². The molecule has 0 radical (unpaired) electrons. The molecule has 3 rings (SSSR count). The Morgan fingerprint density at radius 3 is 2.83 bits per heavy atom. The third-order valence-corrected chi connectivity index (χ3v) is 3.39. The van der Waals surface area contributed by atoms with Gasteiger partial charge in [0, 0.05) is 11.1 Å². The second kappa shape index (κ2) is 5.91. The smallest absolute Gasteiger partial charge is 0.365 e. The first-order chi connectivity index (χ1) is 11.1. The lowest BCUT2D eigenvalue weighted by atomic mass is 10.1. The number of para-hydroxylation sites is 1. The molecule has 0 aliphatic rings. The molecular formula is C15H13FN4O3. The van der Waals surface area contributed by atoms with Gasteiger partial charge in [0.25, 0.3) is 0 Å². The molecule has 0 atom stereocenters. The summed E-state index contributed by atoms with van der Waals surface area (Å²) in [5.74, 6) is -0.837. The minimum Gasteiger partial charge on any atom is -0.505 e. The van der Waals surface area contributed by atoms with E-state index < -0.39 is 17.3 Å². The molecule has 7 nitrogen and oxygen atoms in total. The van der Waals surface area contributed by atoms with Crippen molar-refractivity contribution >= 4 is 0 Å². The van der Waals surface area contributed by atoms with E-state index >= 15 is 0 Å². The summed E-state index contributed by atoms with van der Waals surface area (Å²) in [4.78, 5) is 11.6. The molecule has 0 saturated carbocycles. The molecule has 8 heteroatoms. The number of hydrogen-bond acceptors (Lipinski definition) is 5. The van der Waals surface area contributed by atoms with Crippen LogP contribution in [0.15, 0.2) is 41.2 Å². The molecule has 0 fully saturated rings. The standard InChI is InChI=1S/C15H13FN4O3/c1-9-13(7-6-12(21)14(9)16)23-8-10-4-2-3-5-11(10)20-15(22)17-18-19-20/h2-7,21H,8H2,1H3,(H,17,19,22). The molecule has 0 amide bonds. The van der Waals surface area contributed by atoms with Crippen molar-refractivity contribution in [2.75, 3.05) is 0 Å². The number of tetrazole rings is 1. The number of nitrogens with one attached hydrogen (secondary N) is 1.